The van der Waals surface area contributed by atoms with E-state index in [9.17, 15) is 9.59 Å². The van der Waals surface area contributed by atoms with Gasteiger partial charge in [0.25, 0.3) is 5.56 Å². The average Bonchev–Trinajstić information content (AvgIpc) is 3.23. The Balaban J connectivity index is 1.86. The number of benzene rings is 2. The Labute approximate surface area is 246 Å². The van der Waals surface area contributed by atoms with Crippen LogP contribution in [-0.4, -0.2) is 37.5 Å². The van der Waals surface area contributed by atoms with Crippen molar-refractivity contribution in [3.63, 3.8) is 0 Å². The van der Waals surface area contributed by atoms with Crippen LogP contribution in [0.15, 0.2) is 73.5 Å². The first-order valence-electron chi connectivity index (χ1n) is 12.0. The highest BCUT2D eigenvalue weighted by molar-refractivity contribution is 9.11. The second-order valence-corrected chi connectivity index (χ2v) is 10.9. The predicted molar refractivity (Wildman–Crippen MR) is 157 cm³/mol. The van der Waals surface area contributed by atoms with Crippen LogP contribution in [0.2, 0.25) is 0 Å². The predicted octanol–water partition coefficient (Wildman–Crippen LogP) is 4.91. The van der Waals surface area contributed by atoms with Crippen LogP contribution in [0.4, 0.5) is 0 Å². The molecule has 8 nitrogen and oxygen atoms in total. The molecule has 0 aliphatic carbocycles. The van der Waals surface area contributed by atoms with Crippen molar-refractivity contribution in [3.8, 4) is 17.2 Å². The summed E-state index contributed by atoms with van der Waals surface area (Å²) in [4.78, 5) is 31.5. The third-order valence-electron chi connectivity index (χ3n) is 5.67. The summed E-state index contributed by atoms with van der Waals surface area (Å²) in [6.07, 6.45) is 4.90. The molecule has 0 spiro atoms. The SMILES string of the molecule is C=CCOc1c(Br)cc(/C=c2/sc3n(c2=O)[C@H](c2ccc(OCC)c(OCC)c2)C(C(=O)OC)=CN=3)cc1Br. The number of fused-ring (bicyclic) bond motifs is 1. The first-order valence-corrected chi connectivity index (χ1v) is 14.4. The fourth-order valence-electron chi connectivity index (χ4n) is 4.08. The highest BCUT2D eigenvalue weighted by Gasteiger charge is 2.31. The van der Waals surface area contributed by atoms with E-state index in [-0.39, 0.29) is 11.1 Å². The number of nitrogens with zero attached hydrogens (tertiary/aromatic N) is 2. The Bertz CT molecular complexity index is 1600. The van der Waals surface area contributed by atoms with E-state index in [1.165, 1.54) is 29.2 Å². The highest BCUT2D eigenvalue weighted by atomic mass is 79.9. The van der Waals surface area contributed by atoms with Gasteiger partial charge < -0.3 is 18.9 Å². The normalized spacial score (nSPS) is 14.6. The molecule has 1 aromatic heterocycles. The number of ether oxygens (including phenoxy) is 4. The Hall–Kier alpha value is -3.15. The van der Waals surface area contributed by atoms with Crippen LogP contribution in [0, 0.1) is 0 Å². The summed E-state index contributed by atoms with van der Waals surface area (Å²) in [5, 5.41) is 0. The van der Waals surface area contributed by atoms with Crippen LogP contribution >= 0.6 is 43.2 Å². The van der Waals surface area contributed by atoms with E-state index in [4.69, 9.17) is 18.9 Å². The van der Waals surface area contributed by atoms with E-state index in [2.05, 4.69) is 43.4 Å². The number of methoxy groups -OCH3 is 1. The van der Waals surface area contributed by atoms with Gasteiger partial charge in [0.15, 0.2) is 16.3 Å². The van der Waals surface area contributed by atoms with Crippen molar-refractivity contribution in [2.75, 3.05) is 26.9 Å². The molecule has 0 amide bonds. The number of carbonyl (C=O) groups excluding carboxylic acids is 1. The summed E-state index contributed by atoms with van der Waals surface area (Å²) < 4.78 is 25.6. The van der Waals surface area contributed by atoms with Gasteiger partial charge in [-0.05, 0) is 87.2 Å². The van der Waals surface area contributed by atoms with Gasteiger partial charge in [0.05, 0.1) is 45.4 Å². The summed E-state index contributed by atoms with van der Waals surface area (Å²) in [5.41, 5.74) is 1.38. The largest absolute Gasteiger partial charge is 0.490 e. The molecule has 4 rings (SSSR count). The van der Waals surface area contributed by atoms with E-state index in [1.807, 2.05) is 32.0 Å². The molecule has 39 heavy (non-hydrogen) atoms. The number of esters is 1. The summed E-state index contributed by atoms with van der Waals surface area (Å²) in [6.45, 7) is 8.68. The summed E-state index contributed by atoms with van der Waals surface area (Å²) in [7, 11) is 1.30. The molecular weight excluding hydrogens is 652 g/mol. The molecule has 0 N–H and O–H groups in total. The molecule has 0 fully saturated rings. The lowest BCUT2D eigenvalue weighted by Crippen LogP contribution is -2.39. The lowest BCUT2D eigenvalue weighted by Gasteiger charge is -2.23. The summed E-state index contributed by atoms with van der Waals surface area (Å²) >= 11 is 8.30. The van der Waals surface area contributed by atoms with Crippen LogP contribution in [0.5, 0.6) is 17.2 Å². The molecule has 0 saturated heterocycles. The number of halogens is 2. The molecule has 204 valence electrons. The first kappa shape index (κ1) is 28.8. The van der Waals surface area contributed by atoms with Gasteiger partial charge in [-0.2, -0.15) is 0 Å². The Morgan fingerprint density at radius 1 is 1.10 bits per heavy atom. The number of aromatic nitrogens is 1. The van der Waals surface area contributed by atoms with Gasteiger partial charge in [0.2, 0.25) is 0 Å². The second-order valence-electron chi connectivity index (χ2n) is 8.16. The number of rotatable bonds is 10. The van der Waals surface area contributed by atoms with Gasteiger partial charge in [0.1, 0.15) is 12.4 Å². The molecular formula is C28H26Br2N2O6S. The molecule has 1 aliphatic rings. The number of carbonyl (C=O) groups is 1. The number of hydrogen-bond donors (Lipinski definition) is 0. The average molecular weight is 678 g/mol. The molecule has 0 unspecified atom stereocenters. The van der Waals surface area contributed by atoms with E-state index in [1.54, 1.807) is 24.3 Å². The molecule has 11 heteroatoms. The molecule has 3 aromatic rings. The maximum absolute atomic E-state index is 13.8. The topological polar surface area (TPSA) is 88.3 Å². The highest BCUT2D eigenvalue weighted by Crippen LogP contribution is 2.36. The van der Waals surface area contributed by atoms with Gasteiger partial charge in [-0.3, -0.25) is 9.36 Å². The van der Waals surface area contributed by atoms with E-state index in [0.717, 1.165) is 14.5 Å². The minimum atomic E-state index is -0.765. The number of thiazole rings is 1. The monoisotopic (exact) mass is 676 g/mol. The zero-order valence-electron chi connectivity index (χ0n) is 21.5. The van der Waals surface area contributed by atoms with Crippen LogP contribution in [0.3, 0.4) is 0 Å². The molecule has 1 atom stereocenters. The molecule has 0 saturated carbocycles. The summed E-state index contributed by atoms with van der Waals surface area (Å²) in [6, 6.07) is 8.33. The van der Waals surface area contributed by atoms with Crippen molar-refractivity contribution in [2.24, 2.45) is 4.99 Å². The Morgan fingerprint density at radius 3 is 2.44 bits per heavy atom. The van der Waals surface area contributed by atoms with Crippen LogP contribution < -0.4 is 29.1 Å². The van der Waals surface area contributed by atoms with E-state index < -0.39 is 12.0 Å². The zero-order chi connectivity index (χ0) is 28.1. The zero-order valence-corrected chi connectivity index (χ0v) is 25.5. The maximum atomic E-state index is 13.8. The van der Waals surface area contributed by atoms with Crippen molar-refractivity contribution in [2.45, 2.75) is 19.9 Å². The van der Waals surface area contributed by atoms with Crippen molar-refractivity contribution in [3.05, 3.63) is 94.5 Å². The molecule has 0 bridgehead atoms. The maximum Gasteiger partial charge on any atom is 0.337 e. The standard InChI is InChI=1S/C28H26Br2N2O6S/c1-5-10-38-25-19(29)11-16(12-20(25)30)13-23-26(33)32-24(18(27(34)35-4)15-31-28(32)39-23)17-8-9-21(36-6-2)22(14-17)37-7-3/h5,8-9,11-15,24H,1,6-7,10H2,2-4H3/b23-13+/t24-/m1/s1. The fourth-order valence-corrected chi connectivity index (χ4v) is 6.50. The van der Waals surface area contributed by atoms with Crippen LogP contribution in [0.25, 0.3) is 6.08 Å². The molecule has 1 aliphatic heterocycles. The van der Waals surface area contributed by atoms with Gasteiger partial charge in [0, 0.05) is 6.20 Å². The Morgan fingerprint density at radius 2 is 1.79 bits per heavy atom. The fraction of sp³-hybridized carbons (Fsp3) is 0.250. The molecule has 2 heterocycles. The third-order valence-corrected chi connectivity index (χ3v) is 7.85. The minimum absolute atomic E-state index is 0.234. The van der Waals surface area contributed by atoms with Gasteiger partial charge in [-0.15, -0.1) is 0 Å². The van der Waals surface area contributed by atoms with E-state index >= 15 is 0 Å². The number of hydrogen-bond acceptors (Lipinski definition) is 8. The Kier molecular flexibility index (Phi) is 9.47. The van der Waals surface area contributed by atoms with Crippen LogP contribution in [-0.2, 0) is 9.53 Å². The molecule has 2 aromatic carbocycles. The van der Waals surface area contributed by atoms with Crippen molar-refractivity contribution in [1.82, 2.24) is 4.57 Å². The van der Waals surface area contributed by atoms with E-state index in [0.29, 0.717) is 52.0 Å². The van der Waals surface area contributed by atoms with Crippen molar-refractivity contribution in [1.29, 1.82) is 0 Å². The second kappa shape index (κ2) is 12.8. The van der Waals surface area contributed by atoms with Gasteiger partial charge >= 0.3 is 5.97 Å². The third kappa shape index (κ3) is 6.05. The van der Waals surface area contributed by atoms with Crippen LogP contribution in [0.1, 0.15) is 31.0 Å². The van der Waals surface area contributed by atoms with Gasteiger partial charge in [-0.1, -0.05) is 30.1 Å². The lowest BCUT2D eigenvalue weighted by molar-refractivity contribution is -0.136. The van der Waals surface area contributed by atoms with Gasteiger partial charge in [-0.25, -0.2) is 9.79 Å². The smallest absolute Gasteiger partial charge is 0.337 e. The summed E-state index contributed by atoms with van der Waals surface area (Å²) in [5.74, 6) is 1.16. The first-order chi connectivity index (χ1) is 18.8. The molecule has 0 radical (unpaired) electrons. The minimum Gasteiger partial charge on any atom is -0.490 e. The lowest BCUT2D eigenvalue weighted by atomic mass is 9.97. The van der Waals surface area contributed by atoms with Crippen molar-refractivity contribution >= 4 is 55.2 Å². The quantitative estimate of drug-likeness (QED) is 0.224. The van der Waals surface area contributed by atoms with Crippen molar-refractivity contribution < 1.29 is 23.7 Å².